The van der Waals surface area contributed by atoms with Crippen molar-refractivity contribution in [3.05, 3.63) is 18.1 Å². The van der Waals surface area contributed by atoms with Crippen molar-refractivity contribution in [2.75, 3.05) is 18.4 Å². The molecule has 0 unspecified atom stereocenters. The molecular weight excluding hydrogens is 276 g/mol. The Hall–Kier alpha value is -1.65. The summed E-state index contributed by atoms with van der Waals surface area (Å²) in [6.07, 6.45) is 14.4. The summed E-state index contributed by atoms with van der Waals surface area (Å²) >= 11 is 0. The lowest BCUT2D eigenvalue weighted by Crippen LogP contribution is -2.36. The first-order valence-electron chi connectivity index (χ1n) is 8.71. The normalized spacial score (nSPS) is 20.5. The Labute approximate surface area is 132 Å². The van der Waals surface area contributed by atoms with Crippen molar-refractivity contribution < 1.29 is 4.79 Å². The maximum Gasteiger partial charge on any atom is 0.274 e. The predicted octanol–water partition coefficient (Wildman–Crippen LogP) is 3.24. The summed E-state index contributed by atoms with van der Waals surface area (Å²) in [4.78, 5) is 23.0. The van der Waals surface area contributed by atoms with Crippen molar-refractivity contribution in [2.24, 2.45) is 0 Å². The van der Waals surface area contributed by atoms with Gasteiger partial charge in [0.1, 0.15) is 11.5 Å². The second-order valence-corrected chi connectivity index (χ2v) is 6.47. The van der Waals surface area contributed by atoms with Crippen LogP contribution in [0.4, 0.5) is 5.82 Å². The molecule has 2 aliphatic rings. The van der Waals surface area contributed by atoms with Crippen LogP contribution >= 0.6 is 0 Å². The molecule has 1 aliphatic carbocycles. The highest BCUT2D eigenvalue weighted by atomic mass is 16.2. The molecule has 2 fully saturated rings. The van der Waals surface area contributed by atoms with Crippen LogP contribution in [0.3, 0.4) is 0 Å². The molecule has 1 aromatic heterocycles. The fourth-order valence-corrected chi connectivity index (χ4v) is 3.40. The fourth-order valence-electron chi connectivity index (χ4n) is 3.40. The van der Waals surface area contributed by atoms with Crippen molar-refractivity contribution in [2.45, 2.75) is 63.8 Å². The Morgan fingerprint density at radius 1 is 0.955 bits per heavy atom. The van der Waals surface area contributed by atoms with E-state index in [-0.39, 0.29) is 5.91 Å². The van der Waals surface area contributed by atoms with Gasteiger partial charge in [-0.25, -0.2) is 9.97 Å². The van der Waals surface area contributed by atoms with Crippen molar-refractivity contribution in [3.8, 4) is 0 Å². The van der Waals surface area contributed by atoms with E-state index in [1.807, 2.05) is 4.90 Å². The largest absolute Gasteiger partial charge is 0.366 e. The summed E-state index contributed by atoms with van der Waals surface area (Å²) < 4.78 is 0. The molecule has 0 aromatic carbocycles. The van der Waals surface area contributed by atoms with Crippen LogP contribution in [0, 0.1) is 0 Å². The molecule has 1 N–H and O–H groups in total. The lowest BCUT2D eigenvalue weighted by atomic mass is 10.1. The van der Waals surface area contributed by atoms with Gasteiger partial charge in [-0.1, -0.05) is 25.7 Å². The highest BCUT2D eigenvalue weighted by Crippen LogP contribution is 2.20. The summed E-state index contributed by atoms with van der Waals surface area (Å²) in [5.41, 5.74) is 0.466. The molecule has 1 saturated heterocycles. The average molecular weight is 302 g/mol. The van der Waals surface area contributed by atoms with Crippen molar-refractivity contribution in [1.29, 1.82) is 0 Å². The maximum atomic E-state index is 12.3. The molecule has 2 heterocycles. The number of rotatable bonds is 3. The summed E-state index contributed by atoms with van der Waals surface area (Å²) in [6.45, 7) is 1.70. The predicted molar refractivity (Wildman–Crippen MR) is 86.9 cm³/mol. The Kier molecular flexibility index (Phi) is 5.24. The average Bonchev–Trinajstić information content (AvgIpc) is 2.84. The van der Waals surface area contributed by atoms with Crippen LogP contribution in [-0.4, -0.2) is 39.9 Å². The third kappa shape index (κ3) is 3.96. The first-order chi connectivity index (χ1) is 10.8. The number of hydrogen-bond acceptors (Lipinski definition) is 4. The lowest BCUT2D eigenvalue weighted by Gasteiger charge is -2.26. The third-order valence-corrected chi connectivity index (χ3v) is 4.72. The SMILES string of the molecule is O=C(c1cnc(NC2CCCCCC2)cn1)N1CCCCC1. The Balaban J connectivity index is 1.58. The Bertz CT molecular complexity index is 474. The first-order valence-corrected chi connectivity index (χ1v) is 8.71. The molecule has 1 amide bonds. The van der Waals surface area contributed by atoms with Gasteiger partial charge in [-0.2, -0.15) is 0 Å². The fraction of sp³-hybridized carbons (Fsp3) is 0.706. The summed E-state index contributed by atoms with van der Waals surface area (Å²) in [5, 5.41) is 3.47. The van der Waals surface area contributed by atoms with E-state index in [1.165, 1.54) is 44.9 Å². The minimum absolute atomic E-state index is 0.0215. The molecule has 1 aromatic rings. The van der Waals surface area contributed by atoms with Gasteiger partial charge in [-0.15, -0.1) is 0 Å². The number of hydrogen-bond donors (Lipinski definition) is 1. The van der Waals surface area contributed by atoms with Gasteiger partial charge in [0, 0.05) is 19.1 Å². The molecule has 3 rings (SSSR count). The minimum Gasteiger partial charge on any atom is -0.366 e. The van der Waals surface area contributed by atoms with Crippen LogP contribution in [0.2, 0.25) is 0 Å². The molecule has 0 atom stereocenters. The summed E-state index contributed by atoms with van der Waals surface area (Å²) in [7, 11) is 0. The molecule has 1 aliphatic heterocycles. The van der Waals surface area contributed by atoms with E-state index >= 15 is 0 Å². The van der Waals surface area contributed by atoms with E-state index in [0.717, 1.165) is 31.7 Å². The zero-order valence-corrected chi connectivity index (χ0v) is 13.3. The first kappa shape index (κ1) is 15.3. The second kappa shape index (κ2) is 7.56. The highest BCUT2D eigenvalue weighted by molar-refractivity contribution is 5.92. The number of nitrogens with one attached hydrogen (secondary N) is 1. The third-order valence-electron chi connectivity index (χ3n) is 4.72. The van der Waals surface area contributed by atoms with E-state index in [4.69, 9.17) is 0 Å². The van der Waals surface area contributed by atoms with E-state index in [1.54, 1.807) is 12.4 Å². The number of amides is 1. The van der Waals surface area contributed by atoms with Crippen LogP contribution in [0.5, 0.6) is 0 Å². The van der Waals surface area contributed by atoms with Gasteiger partial charge in [0.2, 0.25) is 0 Å². The topological polar surface area (TPSA) is 58.1 Å². The Morgan fingerprint density at radius 3 is 2.27 bits per heavy atom. The molecule has 1 saturated carbocycles. The van der Waals surface area contributed by atoms with Crippen LogP contribution in [0.15, 0.2) is 12.4 Å². The van der Waals surface area contributed by atoms with Gasteiger partial charge in [0.05, 0.1) is 12.4 Å². The van der Waals surface area contributed by atoms with Gasteiger partial charge < -0.3 is 10.2 Å². The van der Waals surface area contributed by atoms with E-state index in [0.29, 0.717) is 11.7 Å². The lowest BCUT2D eigenvalue weighted by molar-refractivity contribution is 0.0718. The van der Waals surface area contributed by atoms with Gasteiger partial charge in [0.25, 0.3) is 5.91 Å². The zero-order valence-electron chi connectivity index (χ0n) is 13.3. The van der Waals surface area contributed by atoms with Crippen LogP contribution < -0.4 is 5.32 Å². The van der Waals surface area contributed by atoms with Crippen LogP contribution in [0.25, 0.3) is 0 Å². The molecule has 120 valence electrons. The number of nitrogens with zero attached hydrogens (tertiary/aromatic N) is 3. The van der Waals surface area contributed by atoms with Crippen LogP contribution in [-0.2, 0) is 0 Å². The smallest absolute Gasteiger partial charge is 0.274 e. The second-order valence-electron chi connectivity index (χ2n) is 6.47. The minimum atomic E-state index is 0.0215. The van der Waals surface area contributed by atoms with Crippen LogP contribution in [0.1, 0.15) is 68.3 Å². The molecule has 5 nitrogen and oxygen atoms in total. The Morgan fingerprint density at radius 2 is 1.64 bits per heavy atom. The maximum absolute atomic E-state index is 12.3. The van der Waals surface area contributed by atoms with Crippen molar-refractivity contribution in [1.82, 2.24) is 14.9 Å². The number of carbonyl (C=O) groups excluding carboxylic acids is 1. The van der Waals surface area contributed by atoms with Crippen molar-refractivity contribution >= 4 is 11.7 Å². The van der Waals surface area contributed by atoms with Gasteiger partial charge in [0.15, 0.2) is 0 Å². The number of anilines is 1. The summed E-state index contributed by atoms with van der Waals surface area (Å²) in [5.74, 6) is 0.815. The molecule has 0 bridgehead atoms. The van der Waals surface area contributed by atoms with E-state index in [2.05, 4.69) is 15.3 Å². The van der Waals surface area contributed by atoms with E-state index in [9.17, 15) is 4.79 Å². The van der Waals surface area contributed by atoms with Gasteiger partial charge in [-0.05, 0) is 32.1 Å². The van der Waals surface area contributed by atoms with Gasteiger partial charge >= 0.3 is 0 Å². The molecule has 0 spiro atoms. The quantitative estimate of drug-likeness (QED) is 0.871. The van der Waals surface area contributed by atoms with E-state index < -0.39 is 0 Å². The van der Waals surface area contributed by atoms with Gasteiger partial charge in [-0.3, -0.25) is 4.79 Å². The number of aromatic nitrogens is 2. The number of piperidine rings is 1. The molecular formula is C17H26N4O. The summed E-state index contributed by atoms with van der Waals surface area (Å²) in [6, 6.07) is 0.500. The number of likely N-dealkylation sites (tertiary alicyclic amines) is 1. The molecule has 22 heavy (non-hydrogen) atoms. The molecule has 5 heteroatoms. The highest BCUT2D eigenvalue weighted by Gasteiger charge is 2.20. The zero-order chi connectivity index (χ0) is 15.2. The monoisotopic (exact) mass is 302 g/mol. The standard InChI is InChI=1S/C17H26N4O/c22-17(21-10-6-3-7-11-21)15-12-19-16(13-18-15)20-14-8-4-1-2-5-9-14/h12-14H,1-11H2,(H,19,20). The number of carbonyl (C=O) groups is 1. The van der Waals surface area contributed by atoms with Crippen molar-refractivity contribution in [3.63, 3.8) is 0 Å². The molecule has 0 radical (unpaired) electrons.